The fraction of sp³-hybridized carbons (Fsp3) is 0.278. The summed E-state index contributed by atoms with van der Waals surface area (Å²) < 4.78 is 0.911. The molecule has 2 N–H and O–H groups in total. The lowest BCUT2D eigenvalue weighted by Gasteiger charge is -2.09. The first-order chi connectivity index (χ1) is 10.6. The minimum absolute atomic E-state index is 0.0156. The Balaban J connectivity index is 1.75. The molecule has 0 unspecified atom stereocenters. The zero-order valence-electron chi connectivity index (χ0n) is 12.9. The van der Waals surface area contributed by atoms with Crippen LogP contribution in [0.15, 0.2) is 46.9 Å². The van der Waals surface area contributed by atoms with E-state index in [-0.39, 0.29) is 5.91 Å². The van der Waals surface area contributed by atoms with Crippen LogP contribution in [0.2, 0.25) is 0 Å². The quantitative estimate of drug-likeness (QED) is 0.758. The molecule has 0 fully saturated rings. The van der Waals surface area contributed by atoms with Crippen LogP contribution < -0.4 is 10.6 Å². The van der Waals surface area contributed by atoms with Crippen molar-refractivity contribution in [2.75, 3.05) is 11.9 Å². The number of amides is 1. The second-order valence-corrected chi connectivity index (χ2v) is 6.24. The lowest BCUT2D eigenvalue weighted by Crippen LogP contribution is -2.22. The van der Waals surface area contributed by atoms with Crippen molar-refractivity contribution in [2.24, 2.45) is 0 Å². The van der Waals surface area contributed by atoms with Crippen LogP contribution in [0.25, 0.3) is 0 Å². The van der Waals surface area contributed by atoms with Crippen molar-refractivity contribution in [3.05, 3.63) is 63.6 Å². The minimum atomic E-state index is 0.0156. The van der Waals surface area contributed by atoms with Gasteiger partial charge in [0, 0.05) is 24.0 Å². The number of halogens is 1. The Morgan fingerprint density at radius 1 is 1.14 bits per heavy atom. The molecule has 0 saturated heterocycles. The van der Waals surface area contributed by atoms with Gasteiger partial charge in [-0.3, -0.25) is 4.79 Å². The number of hydrogen-bond acceptors (Lipinski definition) is 2. The zero-order valence-corrected chi connectivity index (χ0v) is 14.5. The maximum absolute atomic E-state index is 12.0. The topological polar surface area (TPSA) is 41.1 Å². The van der Waals surface area contributed by atoms with Gasteiger partial charge in [0.05, 0.1) is 5.69 Å². The summed E-state index contributed by atoms with van der Waals surface area (Å²) in [5, 5.41) is 6.23. The summed E-state index contributed by atoms with van der Waals surface area (Å²) in [6.07, 6.45) is 0.451. The Morgan fingerprint density at radius 2 is 1.91 bits per heavy atom. The second-order valence-electron chi connectivity index (χ2n) is 5.38. The monoisotopic (exact) mass is 360 g/mol. The van der Waals surface area contributed by atoms with Gasteiger partial charge in [-0.1, -0.05) is 30.3 Å². The summed E-state index contributed by atoms with van der Waals surface area (Å²) in [6, 6.07) is 14.2. The van der Waals surface area contributed by atoms with Crippen LogP contribution in [0, 0.1) is 13.8 Å². The number of rotatable bonds is 6. The molecule has 2 rings (SSSR count). The van der Waals surface area contributed by atoms with Gasteiger partial charge in [0.15, 0.2) is 0 Å². The SMILES string of the molecule is Cc1ccc(NC(=O)CCNCc2ccccc2C)c(Br)c1. The van der Waals surface area contributed by atoms with Crippen LogP contribution in [-0.2, 0) is 11.3 Å². The number of anilines is 1. The van der Waals surface area contributed by atoms with Crippen molar-refractivity contribution in [1.82, 2.24) is 5.32 Å². The van der Waals surface area contributed by atoms with E-state index in [0.717, 1.165) is 22.3 Å². The van der Waals surface area contributed by atoms with Gasteiger partial charge in [-0.05, 0) is 58.6 Å². The van der Waals surface area contributed by atoms with Crippen molar-refractivity contribution < 1.29 is 4.79 Å². The maximum Gasteiger partial charge on any atom is 0.225 e. The number of nitrogens with one attached hydrogen (secondary N) is 2. The number of carbonyl (C=O) groups excluding carboxylic acids is 1. The Kier molecular flexibility index (Phi) is 6.16. The van der Waals surface area contributed by atoms with Gasteiger partial charge in [-0.2, -0.15) is 0 Å². The van der Waals surface area contributed by atoms with E-state index in [2.05, 4.69) is 45.6 Å². The Bertz CT molecular complexity index is 655. The summed E-state index contributed by atoms with van der Waals surface area (Å²) >= 11 is 3.47. The summed E-state index contributed by atoms with van der Waals surface area (Å²) in [7, 11) is 0. The average Bonchev–Trinajstić information content (AvgIpc) is 2.48. The molecule has 3 nitrogen and oxygen atoms in total. The highest BCUT2D eigenvalue weighted by molar-refractivity contribution is 9.10. The van der Waals surface area contributed by atoms with Crippen LogP contribution in [0.5, 0.6) is 0 Å². The number of hydrogen-bond donors (Lipinski definition) is 2. The molecule has 116 valence electrons. The van der Waals surface area contributed by atoms with Gasteiger partial charge in [0.25, 0.3) is 0 Å². The summed E-state index contributed by atoms with van der Waals surface area (Å²) in [5.74, 6) is 0.0156. The minimum Gasteiger partial charge on any atom is -0.325 e. The van der Waals surface area contributed by atoms with E-state index in [0.29, 0.717) is 13.0 Å². The molecule has 22 heavy (non-hydrogen) atoms. The van der Waals surface area contributed by atoms with Gasteiger partial charge in [-0.25, -0.2) is 0 Å². The highest BCUT2D eigenvalue weighted by Gasteiger charge is 2.05. The summed E-state index contributed by atoms with van der Waals surface area (Å²) in [4.78, 5) is 12.0. The second kappa shape index (κ2) is 8.11. The van der Waals surface area contributed by atoms with Crippen molar-refractivity contribution in [1.29, 1.82) is 0 Å². The number of aryl methyl sites for hydroxylation is 2. The summed E-state index contributed by atoms with van der Waals surface area (Å²) in [6.45, 7) is 5.56. The van der Waals surface area contributed by atoms with E-state index in [1.54, 1.807) is 0 Å². The molecule has 0 bridgehead atoms. The third kappa shape index (κ3) is 4.97. The van der Waals surface area contributed by atoms with Crippen LogP contribution in [-0.4, -0.2) is 12.5 Å². The highest BCUT2D eigenvalue weighted by atomic mass is 79.9. The molecule has 2 aromatic rings. The van der Waals surface area contributed by atoms with Crippen LogP contribution in [0.3, 0.4) is 0 Å². The van der Waals surface area contributed by atoms with Crippen molar-refractivity contribution in [3.63, 3.8) is 0 Å². The molecule has 0 aliphatic rings. The van der Waals surface area contributed by atoms with E-state index < -0.39 is 0 Å². The molecule has 4 heteroatoms. The smallest absolute Gasteiger partial charge is 0.225 e. The fourth-order valence-electron chi connectivity index (χ4n) is 2.17. The molecule has 0 heterocycles. The molecule has 0 aromatic heterocycles. The third-order valence-electron chi connectivity index (χ3n) is 3.50. The van der Waals surface area contributed by atoms with Gasteiger partial charge in [0.2, 0.25) is 5.91 Å². The standard InChI is InChI=1S/C18H21BrN2O/c1-13-7-8-17(16(19)11-13)21-18(22)9-10-20-12-15-6-4-3-5-14(15)2/h3-8,11,20H,9-10,12H2,1-2H3,(H,21,22). The van der Waals surface area contributed by atoms with Gasteiger partial charge in [-0.15, -0.1) is 0 Å². The van der Waals surface area contributed by atoms with E-state index >= 15 is 0 Å². The molecular formula is C18H21BrN2O. The predicted octanol–water partition coefficient (Wildman–Crippen LogP) is 4.18. The Labute approximate surface area is 140 Å². The highest BCUT2D eigenvalue weighted by Crippen LogP contribution is 2.23. The van der Waals surface area contributed by atoms with Crippen molar-refractivity contribution in [3.8, 4) is 0 Å². The molecule has 0 atom stereocenters. The normalized spacial score (nSPS) is 10.5. The first kappa shape index (κ1) is 16.7. The van der Waals surface area contributed by atoms with Crippen LogP contribution in [0.4, 0.5) is 5.69 Å². The molecule has 0 aliphatic carbocycles. The maximum atomic E-state index is 12.0. The van der Waals surface area contributed by atoms with Crippen LogP contribution >= 0.6 is 15.9 Å². The molecular weight excluding hydrogens is 340 g/mol. The van der Waals surface area contributed by atoms with E-state index in [4.69, 9.17) is 0 Å². The molecule has 1 amide bonds. The first-order valence-electron chi connectivity index (χ1n) is 7.37. The lowest BCUT2D eigenvalue weighted by molar-refractivity contribution is -0.116. The molecule has 0 aliphatic heterocycles. The average molecular weight is 361 g/mol. The van der Waals surface area contributed by atoms with E-state index in [9.17, 15) is 4.79 Å². The van der Waals surface area contributed by atoms with Crippen molar-refractivity contribution in [2.45, 2.75) is 26.8 Å². The Morgan fingerprint density at radius 3 is 2.64 bits per heavy atom. The summed E-state index contributed by atoms with van der Waals surface area (Å²) in [5.41, 5.74) is 4.51. The largest absolute Gasteiger partial charge is 0.325 e. The Hall–Kier alpha value is -1.65. The van der Waals surface area contributed by atoms with E-state index in [1.807, 2.05) is 37.3 Å². The van der Waals surface area contributed by atoms with Gasteiger partial charge < -0.3 is 10.6 Å². The van der Waals surface area contributed by atoms with Gasteiger partial charge in [0.1, 0.15) is 0 Å². The van der Waals surface area contributed by atoms with Crippen LogP contribution in [0.1, 0.15) is 23.1 Å². The third-order valence-corrected chi connectivity index (χ3v) is 4.16. The molecule has 0 spiro atoms. The molecule has 2 aromatic carbocycles. The number of benzene rings is 2. The van der Waals surface area contributed by atoms with Crippen molar-refractivity contribution >= 4 is 27.5 Å². The first-order valence-corrected chi connectivity index (χ1v) is 8.17. The zero-order chi connectivity index (χ0) is 15.9. The molecule has 0 radical (unpaired) electrons. The van der Waals surface area contributed by atoms with Gasteiger partial charge >= 0.3 is 0 Å². The predicted molar refractivity (Wildman–Crippen MR) is 95.0 cm³/mol. The lowest BCUT2D eigenvalue weighted by atomic mass is 10.1. The fourth-order valence-corrected chi connectivity index (χ4v) is 2.76. The van der Waals surface area contributed by atoms with E-state index in [1.165, 1.54) is 11.1 Å². The number of carbonyl (C=O) groups is 1. The molecule has 0 saturated carbocycles.